The molecule has 36 heavy (non-hydrogen) atoms. The molecule has 0 fully saturated rings. The van der Waals surface area contributed by atoms with Gasteiger partial charge in [-0.15, -0.1) is 0 Å². The summed E-state index contributed by atoms with van der Waals surface area (Å²) in [6.45, 7) is 5.79. The van der Waals surface area contributed by atoms with Gasteiger partial charge < -0.3 is 19.5 Å². The molecule has 0 saturated carbocycles. The molecule has 0 aliphatic rings. The molecule has 0 bridgehead atoms. The summed E-state index contributed by atoms with van der Waals surface area (Å²) >= 11 is 3.31. The lowest BCUT2D eigenvalue weighted by molar-refractivity contribution is -0.139. The van der Waals surface area contributed by atoms with E-state index in [4.69, 9.17) is 14.2 Å². The quantitative estimate of drug-likeness (QED) is 0.317. The van der Waals surface area contributed by atoms with Crippen molar-refractivity contribution in [3.05, 3.63) is 87.6 Å². The SMILES string of the molecule is COC(=O)Cc1ccccc1OCc1cc(Br)c(F)c(-c2cccc(CNC(=O)OC(C)(C)C)c2)c1. The van der Waals surface area contributed by atoms with Crippen LogP contribution in [-0.2, 0) is 33.8 Å². The second-order valence-corrected chi connectivity index (χ2v) is 10.00. The number of carbonyl (C=O) groups is 2. The van der Waals surface area contributed by atoms with E-state index >= 15 is 4.39 Å². The van der Waals surface area contributed by atoms with Crippen LogP contribution in [0.15, 0.2) is 65.1 Å². The average Bonchev–Trinajstić information content (AvgIpc) is 2.83. The van der Waals surface area contributed by atoms with Gasteiger partial charge in [0.05, 0.1) is 18.0 Å². The van der Waals surface area contributed by atoms with Gasteiger partial charge in [0.25, 0.3) is 0 Å². The number of hydrogen-bond donors (Lipinski definition) is 1. The fourth-order valence-corrected chi connectivity index (χ4v) is 3.96. The van der Waals surface area contributed by atoms with E-state index < -0.39 is 17.5 Å². The maximum Gasteiger partial charge on any atom is 0.407 e. The summed E-state index contributed by atoms with van der Waals surface area (Å²) in [6, 6.07) is 17.9. The van der Waals surface area contributed by atoms with Crippen molar-refractivity contribution in [1.29, 1.82) is 0 Å². The van der Waals surface area contributed by atoms with E-state index in [0.29, 0.717) is 26.9 Å². The fraction of sp³-hybridized carbons (Fsp3) is 0.286. The van der Waals surface area contributed by atoms with Gasteiger partial charge in [0.1, 0.15) is 23.8 Å². The normalized spacial score (nSPS) is 11.1. The van der Waals surface area contributed by atoms with Crippen molar-refractivity contribution < 1.29 is 28.2 Å². The third kappa shape index (κ3) is 7.81. The molecule has 0 aromatic heterocycles. The summed E-state index contributed by atoms with van der Waals surface area (Å²) in [4.78, 5) is 23.7. The third-order valence-electron chi connectivity index (χ3n) is 5.09. The van der Waals surface area contributed by atoms with E-state index in [-0.39, 0.29) is 25.5 Å². The Morgan fingerprint density at radius 3 is 2.47 bits per heavy atom. The van der Waals surface area contributed by atoms with Crippen molar-refractivity contribution in [3.8, 4) is 16.9 Å². The van der Waals surface area contributed by atoms with Gasteiger partial charge in [0, 0.05) is 17.7 Å². The second-order valence-electron chi connectivity index (χ2n) is 9.14. The van der Waals surface area contributed by atoms with Gasteiger partial charge in [0.2, 0.25) is 0 Å². The number of amides is 1. The van der Waals surface area contributed by atoms with Gasteiger partial charge >= 0.3 is 12.1 Å². The molecule has 3 aromatic rings. The second kappa shape index (κ2) is 12.0. The smallest absolute Gasteiger partial charge is 0.407 e. The van der Waals surface area contributed by atoms with Crippen LogP contribution in [0.25, 0.3) is 11.1 Å². The highest BCUT2D eigenvalue weighted by atomic mass is 79.9. The summed E-state index contributed by atoms with van der Waals surface area (Å²) in [5.74, 6) is -0.207. The van der Waals surface area contributed by atoms with Crippen LogP contribution in [0.5, 0.6) is 5.75 Å². The highest BCUT2D eigenvalue weighted by molar-refractivity contribution is 9.10. The van der Waals surface area contributed by atoms with Gasteiger partial charge in [-0.25, -0.2) is 9.18 Å². The van der Waals surface area contributed by atoms with Crippen LogP contribution < -0.4 is 10.1 Å². The first-order chi connectivity index (χ1) is 17.1. The molecule has 1 amide bonds. The predicted octanol–water partition coefficient (Wildman–Crippen LogP) is 6.57. The number of benzene rings is 3. The zero-order valence-electron chi connectivity index (χ0n) is 20.7. The summed E-state index contributed by atoms with van der Waals surface area (Å²) in [5.41, 5.74) is 2.70. The molecule has 0 atom stereocenters. The molecule has 0 radical (unpaired) electrons. The number of rotatable bonds is 8. The minimum absolute atomic E-state index is 0.0924. The number of esters is 1. The Hall–Kier alpha value is -3.39. The van der Waals surface area contributed by atoms with Gasteiger partial charge in [-0.3, -0.25) is 4.79 Å². The van der Waals surface area contributed by atoms with Crippen molar-refractivity contribution in [1.82, 2.24) is 5.32 Å². The van der Waals surface area contributed by atoms with Gasteiger partial charge in [-0.2, -0.15) is 0 Å². The molecular weight excluding hydrogens is 529 g/mol. The first kappa shape index (κ1) is 27.2. The van der Waals surface area contributed by atoms with Crippen molar-refractivity contribution in [2.45, 2.75) is 45.9 Å². The van der Waals surface area contributed by atoms with E-state index in [2.05, 4.69) is 21.2 Å². The van der Waals surface area contributed by atoms with Crippen molar-refractivity contribution in [2.24, 2.45) is 0 Å². The maximum absolute atomic E-state index is 15.1. The number of para-hydroxylation sites is 1. The fourth-order valence-electron chi connectivity index (χ4n) is 3.46. The Bertz CT molecular complexity index is 1240. The largest absolute Gasteiger partial charge is 0.489 e. The third-order valence-corrected chi connectivity index (χ3v) is 5.67. The molecule has 0 aliphatic carbocycles. The summed E-state index contributed by atoms with van der Waals surface area (Å²) in [7, 11) is 1.34. The van der Waals surface area contributed by atoms with Crippen LogP contribution in [0.3, 0.4) is 0 Å². The molecule has 0 heterocycles. The van der Waals surface area contributed by atoms with Crippen LogP contribution >= 0.6 is 15.9 Å². The summed E-state index contributed by atoms with van der Waals surface area (Å²) < 4.78 is 31.4. The number of alkyl carbamates (subject to hydrolysis) is 1. The van der Waals surface area contributed by atoms with E-state index in [0.717, 1.165) is 11.1 Å². The van der Waals surface area contributed by atoms with Gasteiger partial charge in [-0.05, 0) is 77.7 Å². The monoisotopic (exact) mass is 557 g/mol. The zero-order valence-corrected chi connectivity index (χ0v) is 22.3. The summed E-state index contributed by atoms with van der Waals surface area (Å²) in [6.07, 6.45) is -0.428. The highest BCUT2D eigenvalue weighted by Gasteiger charge is 2.17. The number of halogens is 2. The Kier molecular flexibility index (Phi) is 9.09. The van der Waals surface area contributed by atoms with Crippen LogP contribution in [0.4, 0.5) is 9.18 Å². The minimum atomic E-state index is -0.594. The molecule has 190 valence electrons. The molecule has 3 rings (SSSR count). The van der Waals surface area contributed by atoms with E-state index in [1.54, 1.807) is 57.2 Å². The molecule has 1 N–H and O–H groups in total. The number of methoxy groups -OCH3 is 1. The Labute approximate surface area is 218 Å². The Balaban J connectivity index is 1.77. The van der Waals surface area contributed by atoms with Gasteiger partial charge in [0.15, 0.2) is 0 Å². The van der Waals surface area contributed by atoms with Crippen molar-refractivity contribution in [3.63, 3.8) is 0 Å². The molecular formula is C28H29BrFNO5. The zero-order chi connectivity index (χ0) is 26.3. The van der Waals surface area contributed by atoms with Gasteiger partial charge in [-0.1, -0.05) is 36.4 Å². The standard InChI is InChI=1S/C28H29BrFNO5/c1-28(2,3)36-27(33)31-16-18-8-7-10-20(12-18)22-13-19(14-23(29)26(22)30)17-35-24-11-6-5-9-21(24)15-25(32)34-4/h5-14H,15-17H2,1-4H3,(H,31,33). The summed E-state index contributed by atoms with van der Waals surface area (Å²) in [5, 5.41) is 2.72. The number of hydrogen-bond acceptors (Lipinski definition) is 5. The van der Waals surface area contributed by atoms with E-state index in [9.17, 15) is 9.59 Å². The van der Waals surface area contributed by atoms with E-state index in [1.807, 2.05) is 24.3 Å². The molecule has 8 heteroatoms. The van der Waals surface area contributed by atoms with Crippen LogP contribution in [-0.4, -0.2) is 24.8 Å². The average molecular weight is 558 g/mol. The predicted molar refractivity (Wildman–Crippen MR) is 139 cm³/mol. The minimum Gasteiger partial charge on any atom is -0.489 e. The molecule has 3 aromatic carbocycles. The number of nitrogens with one attached hydrogen (secondary N) is 1. The topological polar surface area (TPSA) is 73.9 Å². The highest BCUT2D eigenvalue weighted by Crippen LogP contribution is 2.31. The molecule has 0 saturated heterocycles. The first-order valence-corrected chi connectivity index (χ1v) is 12.2. The molecule has 0 aliphatic heterocycles. The first-order valence-electron chi connectivity index (χ1n) is 11.4. The molecule has 6 nitrogen and oxygen atoms in total. The lowest BCUT2D eigenvalue weighted by Crippen LogP contribution is -2.32. The Morgan fingerprint density at radius 1 is 1.00 bits per heavy atom. The van der Waals surface area contributed by atoms with Crippen LogP contribution in [0.1, 0.15) is 37.5 Å². The lowest BCUT2D eigenvalue weighted by Gasteiger charge is -2.19. The molecule has 0 spiro atoms. The Morgan fingerprint density at radius 2 is 1.75 bits per heavy atom. The molecule has 0 unspecified atom stereocenters. The van der Waals surface area contributed by atoms with Crippen LogP contribution in [0, 0.1) is 5.82 Å². The number of ether oxygens (including phenoxy) is 3. The van der Waals surface area contributed by atoms with Crippen molar-refractivity contribution >= 4 is 28.0 Å². The number of carbonyl (C=O) groups excluding carboxylic acids is 2. The van der Waals surface area contributed by atoms with Crippen molar-refractivity contribution in [2.75, 3.05) is 7.11 Å². The lowest BCUT2D eigenvalue weighted by atomic mass is 10.0. The van der Waals surface area contributed by atoms with E-state index in [1.165, 1.54) is 7.11 Å². The van der Waals surface area contributed by atoms with Crippen LogP contribution in [0.2, 0.25) is 0 Å². The maximum atomic E-state index is 15.1.